The summed E-state index contributed by atoms with van der Waals surface area (Å²) in [6.45, 7) is 3.51. The molecule has 7 nitrogen and oxygen atoms in total. The molecule has 0 bridgehead atoms. The van der Waals surface area contributed by atoms with Crippen molar-refractivity contribution in [2.45, 2.75) is 50.7 Å². The number of aromatic amines is 1. The van der Waals surface area contributed by atoms with Gasteiger partial charge in [-0.15, -0.1) is 10.2 Å². The van der Waals surface area contributed by atoms with Crippen LogP contribution in [0.4, 0.5) is 0 Å². The molecule has 0 atom stereocenters. The molecular weight excluding hydrogens is 448 g/mol. The van der Waals surface area contributed by atoms with Crippen molar-refractivity contribution in [3.63, 3.8) is 0 Å². The minimum atomic E-state index is -0.451. The lowest BCUT2D eigenvalue weighted by molar-refractivity contribution is 0.0599. The van der Waals surface area contributed by atoms with E-state index in [0.29, 0.717) is 32.7 Å². The van der Waals surface area contributed by atoms with Crippen LogP contribution in [0.3, 0.4) is 0 Å². The summed E-state index contributed by atoms with van der Waals surface area (Å²) in [6, 6.07) is 7.89. The molecule has 2 aromatic heterocycles. The number of carbonyl (C=O) groups excluding carboxylic acids is 2. The first kappa shape index (κ1) is 22.6. The minimum absolute atomic E-state index is 0.106. The second kappa shape index (κ2) is 9.50. The van der Waals surface area contributed by atoms with Crippen molar-refractivity contribution in [2.24, 2.45) is 0 Å². The van der Waals surface area contributed by atoms with Crippen molar-refractivity contribution in [1.29, 1.82) is 0 Å². The Labute approximate surface area is 195 Å². The van der Waals surface area contributed by atoms with Gasteiger partial charge in [0.2, 0.25) is 0 Å². The lowest BCUT2D eigenvalue weighted by Crippen LogP contribution is -2.11. The van der Waals surface area contributed by atoms with Gasteiger partial charge in [-0.05, 0) is 44.4 Å². The molecule has 1 aliphatic carbocycles. The Morgan fingerprint density at radius 1 is 1.22 bits per heavy atom. The van der Waals surface area contributed by atoms with Crippen LogP contribution in [0.5, 0.6) is 0 Å². The zero-order chi connectivity index (χ0) is 22.8. The van der Waals surface area contributed by atoms with E-state index in [0.717, 1.165) is 37.1 Å². The lowest BCUT2D eigenvalue weighted by atomic mass is 10.1. The smallest absolute Gasteiger partial charge is 0.339 e. The predicted octanol–water partition coefficient (Wildman–Crippen LogP) is 5.42. The van der Waals surface area contributed by atoms with Gasteiger partial charge in [0, 0.05) is 17.3 Å². The summed E-state index contributed by atoms with van der Waals surface area (Å²) in [5.41, 5.74) is 2.90. The van der Waals surface area contributed by atoms with Crippen LogP contribution in [-0.4, -0.2) is 44.4 Å². The van der Waals surface area contributed by atoms with Gasteiger partial charge in [0.1, 0.15) is 0 Å². The van der Waals surface area contributed by atoms with Crippen molar-refractivity contribution >= 4 is 35.1 Å². The number of benzene rings is 1. The van der Waals surface area contributed by atoms with Gasteiger partial charge in [-0.2, -0.15) is 0 Å². The molecule has 0 unspecified atom stereocenters. The van der Waals surface area contributed by atoms with Crippen molar-refractivity contribution in [3.05, 3.63) is 51.8 Å². The molecule has 4 rings (SSSR count). The van der Waals surface area contributed by atoms with E-state index in [9.17, 15) is 9.59 Å². The molecule has 32 heavy (non-hydrogen) atoms. The number of methoxy groups -OCH3 is 1. The Balaban J connectivity index is 1.61. The van der Waals surface area contributed by atoms with E-state index in [4.69, 9.17) is 16.3 Å². The molecule has 1 N–H and O–H groups in total. The molecule has 0 saturated heterocycles. The zero-order valence-corrected chi connectivity index (χ0v) is 19.8. The van der Waals surface area contributed by atoms with Gasteiger partial charge in [-0.1, -0.05) is 48.3 Å². The minimum Gasteiger partial charge on any atom is -0.465 e. The number of halogens is 1. The molecular formula is C23H25ClN4O3S. The van der Waals surface area contributed by atoms with Crippen molar-refractivity contribution in [3.8, 4) is 11.4 Å². The molecule has 0 radical (unpaired) electrons. The largest absolute Gasteiger partial charge is 0.465 e. The quantitative estimate of drug-likeness (QED) is 0.280. The van der Waals surface area contributed by atoms with Crippen molar-refractivity contribution in [1.82, 2.24) is 19.7 Å². The first-order valence-corrected chi connectivity index (χ1v) is 11.9. The fourth-order valence-electron chi connectivity index (χ4n) is 4.33. The third-order valence-corrected chi connectivity index (χ3v) is 7.18. The number of esters is 1. The third kappa shape index (κ3) is 4.21. The highest BCUT2D eigenvalue weighted by Gasteiger charge is 2.27. The molecule has 9 heteroatoms. The summed E-state index contributed by atoms with van der Waals surface area (Å²) in [7, 11) is 1.33. The predicted molar refractivity (Wildman–Crippen MR) is 125 cm³/mol. The molecule has 1 aromatic carbocycles. The van der Waals surface area contributed by atoms with Crippen LogP contribution in [0.1, 0.15) is 63.8 Å². The van der Waals surface area contributed by atoms with E-state index in [1.165, 1.54) is 18.9 Å². The first-order chi connectivity index (χ1) is 15.4. The van der Waals surface area contributed by atoms with Gasteiger partial charge < -0.3 is 9.72 Å². The Bertz CT molecular complexity index is 1160. The first-order valence-electron chi connectivity index (χ1n) is 10.6. The van der Waals surface area contributed by atoms with Gasteiger partial charge in [0.25, 0.3) is 0 Å². The number of hydrogen-bond acceptors (Lipinski definition) is 6. The number of hydrogen-bond donors (Lipinski definition) is 1. The van der Waals surface area contributed by atoms with Crippen molar-refractivity contribution < 1.29 is 14.3 Å². The molecule has 2 heterocycles. The number of carbonyl (C=O) groups is 2. The standard InChI is InChI=1S/C23H25ClN4O3S/c1-13-19(22(30)31-3)14(2)25-20(13)18(29)12-32-23-27-26-21(16-10-6-7-11-17(16)24)28(23)15-8-4-5-9-15/h6-7,10-11,15,25H,4-5,8-9,12H2,1-3H3. The Morgan fingerprint density at radius 2 is 1.94 bits per heavy atom. The van der Waals surface area contributed by atoms with Gasteiger partial charge in [-0.25, -0.2) is 4.79 Å². The lowest BCUT2D eigenvalue weighted by Gasteiger charge is -2.17. The maximum absolute atomic E-state index is 13.0. The SMILES string of the molecule is COC(=O)c1c(C)[nH]c(C(=O)CSc2nnc(-c3ccccc3Cl)n2C2CCCC2)c1C. The second-order valence-electron chi connectivity index (χ2n) is 7.92. The maximum Gasteiger partial charge on any atom is 0.339 e. The molecule has 1 fully saturated rings. The van der Waals surface area contributed by atoms with Crippen LogP contribution in [0.25, 0.3) is 11.4 Å². The van der Waals surface area contributed by atoms with Crippen LogP contribution in [0.15, 0.2) is 29.4 Å². The molecule has 0 amide bonds. The molecule has 3 aromatic rings. The highest BCUT2D eigenvalue weighted by atomic mass is 35.5. The topological polar surface area (TPSA) is 89.9 Å². The highest BCUT2D eigenvalue weighted by molar-refractivity contribution is 7.99. The fraction of sp³-hybridized carbons (Fsp3) is 0.391. The maximum atomic E-state index is 13.0. The van der Waals surface area contributed by atoms with Gasteiger partial charge in [0.05, 0.1) is 29.1 Å². The van der Waals surface area contributed by atoms with E-state index in [2.05, 4.69) is 19.7 Å². The summed E-state index contributed by atoms with van der Waals surface area (Å²) < 4.78 is 6.98. The fourth-order valence-corrected chi connectivity index (χ4v) is 5.43. The zero-order valence-electron chi connectivity index (χ0n) is 18.3. The summed E-state index contributed by atoms with van der Waals surface area (Å²) in [5, 5.41) is 10.2. The van der Waals surface area contributed by atoms with Crippen LogP contribution in [0, 0.1) is 13.8 Å². The molecule has 1 saturated carbocycles. The summed E-state index contributed by atoms with van der Waals surface area (Å²) in [6.07, 6.45) is 4.42. The average Bonchev–Trinajstić information content (AvgIpc) is 3.51. The van der Waals surface area contributed by atoms with Crippen LogP contribution >= 0.6 is 23.4 Å². The number of ketones is 1. The second-order valence-corrected chi connectivity index (χ2v) is 9.27. The average molecular weight is 473 g/mol. The molecule has 168 valence electrons. The number of nitrogens with one attached hydrogen (secondary N) is 1. The Kier molecular flexibility index (Phi) is 6.71. The number of aromatic nitrogens is 4. The van der Waals surface area contributed by atoms with Crippen LogP contribution in [-0.2, 0) is 4.74 Å². The van der Waals surface area contributed by atoms with Gasteiger partial charge >= 0.3 is 5.97 Å². The van der Waals surface area contributed by atoms with Crippen molar-refractivity contribution in [2.75, 3.05) is 12.9 Å². The van der Waals surface area contributed by atoms with Gasteiger partial charge in [0.15, 0.2) is 16.8 Å². The van der Waals surface area contributed by atoms with E-state index in [1.807, 2.05) is 24.3 Å². The third-order valence-electron chi connectivity index (χ3n) is 5.91. The molecule has 0 spiro atoms. The summed E-state index contributed by atoms with van der Waals surface area (Å²) in [4.78, 5) is 28.1. The number of nitrogens with zero attached hydrogens (tertiary/aromatic N) is 3. The Hall–Kier alpha value is -2.58. The highest BCUT2D eigenvalue weighted by Crippen LogP contribution is 2.38. The number of Topliss-reactive ketones (excluding diaryl/α,β-unsaturated/α-hetero) is 1. The Morgan fingerprint density at radius 3 is 2.62 bits per heavy atom. The van der Waals surface area contributed by atoms with E-state index in [1.54, 1.807) is 13.8 Å². The van der Waals surface area contributed by atoms with Gasteiger partial charge in [-0.3, -0.25) is 9.36 Å². The number of rotatable bonds is 7. The summed E-state index contributed by atoms with van der Waals surface area (Å²) in [5.74, 6) is 0.353. The number of H-pyrrole nitrogens is 1. The molecule has 1 aliphatic rings. The van der Waals surface area contributed by atoms with E-state index < -0.39 is 5.97 Å². The van der Waals surface area contributed by atoms with E-state index in [-0.39, 0.29) is 17.6 Å². The van der Waals surface area contributed by atoms with E-state index >= 15 is 0 Å². The van der Waals surface area contributed by atoms with Crippen LogP contribution < -0.4 is 0 Å². The van der Waals surface area contributed by atoms with Crippen LogP contribution in [0.2, 0.25) is 5.02 Å². The normalized spacial score (nSPS) is 14.1. The summed E-state index contributed by atoms with van der Waals surface area (Å²) >= 11 is 7.80. The number of aryl methyl sites for hydroxylation is 1. The molecule has 0 aliphatic heterocycles. The monoisotopic (exact) mass is 472 g/mol. The number of ether oxygens (including phenoxy) is 1. The number of thioether (sulfide) groups is 1.